The van der Waals surface area contributed by atoms with E-state index in [9.17, 15) is 0 Å². The van der Waals surface area contributed by atoms with E-state index < -0.39 is 0 Å². The first-order chi connectivity index (χ1) is 8.49. The molecule has 18 heavy (non-hydrogen) atoms. The average Bonchev–Trinajstić information content (AvgIpc) is 2.64. The number of thiazole rings is 1. The van der Waals surface area contributed by atoms with Gasteiger partial charge in [0.25, 0.3) is 0 Å². The molecule has 1 unspecified atom stereocenters. The minimum atomic E-state index is 0.244. The smallest absolute Gasteiger partial charge is 0.0900 e. The zero-order valence-corrected chi connectivity index (χ0v) is 12.6. The standard InChI is InChI=1S/C14H17ClN2S/c1-8-12(15)6-5-7-13(8)17-10(3)14-9(2)16-11(4)18-14/h5-7,10,17H,1-4H3. The number of anilines is 1. The van der Waals surface area contributed by atoms with Crippen LogP contribution in [0.15, 0.2) is 18.2 Å². The number of benzene rings is 1. The largest absolute Gasteiger partial charge is 0.377 e. The summed E-state index contributed by atoms with van der Waals surface area (Å²) in [7, 11) is 0. The Morgan fingerprint density at radius 2 is 2.00 bits per heavy atom. The summed E-state index contributed by atoms with van der Waals surface area (Å²) in [5, 5.41) is 5.41. The monoisotopic (exact) mass is 280 g/mol. The van der Waals surface area contributed by atoms with Crippen LogP contribution in [0.5, 0.6) is 0 Å². The summed E-state index contributed by atoms with van der Waals surface area (Å²) < 4.78 is 0. The number of nitrogens with one attached hydrogen (secondary N) is 1. The van der Waals surface area contributed by atoms with Crippen LogP contribution in [0.25, 0.3) is 0 Å². The zero-order chi connectivity index (χ0) is 13.3. The molecule has 0 saturated carbocycles. The molecule has 2 aromatic rings. The van der Waals surface area contributed by atoms with E-state index in [4.69, 9.17) is 11.6 Å². The Kier molecular flexibility index (Phi) is 3.93. The van der Waals surface area contributed by atoms with Crippen molar-refractivity contribution in [3.8, 4) is 0 Å². The molecule has 0 radical (unpaired) electrons. The molecular formula is C14H17ClN2S. The third-order valence-electron chi connectivity index (χ3n) is 2.97. The molecule has 0 aliphatic carbocycles. The summed E-state index contributed by atoms with van der Waals surface area (Å²) in [6.45, 7) is 8.28. The minimum absolute atomic E-state index is 0.244. The van der Waals surface area contributed by atoms with Gasteiger partial charge in [-0.1, -0.05) is 17.7 Å². The second-order valence-corrected chi connectivity index (χ2v) is 6.10. The molecule has 1 heterocycles. The van der Waals surface area contributed by atoms with Crippen LogP contribution >= 0.6 is 22.9 Å². The first-order valence-corrected chi connectivity index (χ1v) is 7.14. The Morgan fingerprint density at radius 1 is 1.28 bits per heavy atom. The van der Waals surface area contributed by atoms with Crippen LogP contribution in [-0.4, -0.2) is 4.98 Å². The fourth-order valence-electron chi connectivity index (χ4n) is 2.01. The van der Waals surface area contributed by atoms with Crippen molar-refractivity contribution < 1.29 is 0 Å². The van der Waals surface area contributed by atoms with Crippen LogP contribution < -0.4 is 5.32 Å². The number of rotatable bonds is 3. The zero-order valence-electron chi connectivity index (χ0n) is 11.0. The van der Waals surface area contributed by atoms with E-state index in [-0.39, 0.29) is 6.04 Å². The molecule has 4 heteroatoms. The molecular weight excluding hydrogens is 264 g/mol. The van der Waals surface area contributed by atoms with Crippen LogP contribution in [0.1, 0.15) is 34.1 Å². The average molecular weight is 281 g/mol. The van der Waals surface area contributed by atoms with Gasteiger partial charge >= 0.3 is 0 Å². The molecule has 2 nitrogen and oxygen atoms in total. The SMILES string of the molecule is Cc1nc(C)c(C(C)Nc2cccc(Cl)c2C)s1. The Labute approximate surface area is 117 Å². The highest BCUT2D eigenvalue weighted by atomic mass is 35.5. The van der Waals surface area contributed by atoms with E-state index in [1.165, 1.54) is 4.88 Å². The Hall–Kier alpha value is -1.06. The van der Waals surface area contributed by atoms with Crippen LogP contribution in [0.2, 0.25) is 5.02 Å². The van der Waals surface area contributed by atoms with Gasteiger partial charge in [0.2, 0.25) is 0 Å². The maximum Gasteiger partial charge on any atom is 0.0900 e. The van der Waals surface area contributed by atoms with Crippen molar-refractivity contribution in [1.82, 2.24) is 4.98 Å². The molecule has 1 aromatic carbocycles. The molecule has 1 N–H and O–H groups in total. The van der Waals surface area contributed by atoms with Crippen molar-refractivity contribution >= 4 is 28.6 Å². The summed E-state index contributed by atoms with van der Waals surface area (Å²) >= 11 is 7.87. The van der Waals surface area contributed by atoms with E-state index in [1.807, 2.05) is 26.0 Å². The maximum atomic E-state index is 6.13. The number of hydrogen-bond acceptors (Lipinski definition) is 3. The molecule has 96 valence electrons. The lowest BCUT2D eigenvalue weighted by molar-refractivity contribution is 0.887. The lowest BCUT2D eigenvalue weighted by Gasteiger charge is -2.16. The van der Waals surface area contributed by atoms with Crippen molar-refractivity contribution in [1.29, 1.82) is 0 Å². The van der Waals surface area contributed by atoms with Crippen molar-refractivity contribution in [2.45, 2.75) is 33.7 Å². The quantitative estimate of drug-likeness (QED) is 0.865. The number of hydrogen-bond donors (Lipinski definition) is 1. The van der Waals surface area contributed by atoms with Gasteiger partial charge in [0.1, 0.15) is 0 Å². The third-order valence-corrected chi connectivity index (χ3v) is 4.64. The Bertz CT molecular complexity index is 563. The lowest BCUT2D eigenvalue weighted by atomic mass is 10.1. The van der Waals surface area contributed by atoms with Crippen LogP contribution in [0.4, 0.5) is 5.69 Å². The van der Waals surface area contributed by atoms with Gasteiger partial charge in [-0.2, -0.15) is 0 Å². The molecule has 0 fully saturated rings. The van der Waals surface area contributed by atoms with E-state index in [0.717, 1.165) is 27.0 Å². The van der Waals surface area contributed by atoms with Gasteiger partial charge in [-0.25, -0.2) is 4.98 Å². The molecule has 0 saturated heterocycles. The second-order valence-electron chi connectivity index (χ2n) is 4.46. The van der Waals surface area contributed by atoms with Crippen molar-refractivity contribution in [3.05, 3.63) is 44.4 Å². The topological polar surface area (TPSA) is 24.9 Å². The van der Waals surface area contributed by atoms with Gasteiger partial charge in [-0.05, 0) is 45.4 Å². The summed E-state index contributed by atoms with van der Waals surface area (Å²) in [5.41, 5.74) is 3.28. The van der Waals surface area contributed by atoms with Crippen molar-refractivity contribution in [2.75, 3.05) is 5.32 Å². The molecule has 0 amide bonds. The van der Waals surface area contributed by atoms with Gasteiger partial charge in [0.05, 0.1) is 16.7 Å². The fourth-order valence-corrected chi connectivity index (χ4v) is 3.12. The Morgan fingerprint density at radius 3 is 2.61 bits per heavy atom. The van der Waals surface area contributed by atoms with Crippen molar-refractivity contribution in [3.63, 3.8) is 0 Å². The van der Waals surface area contributed by atoms with Gasteiger partial charge in [-0.3, -0.25) is 0 Å². The normalized spacial score (nSPS) is 12.5. The fraction of sp³-hybridized carbons (Fsp3) is 0.357. The second kappa shape index (κ2) is 5.29. The molecule has 0 bridgehead atoms. The molecule has 1 atom stereocenters. The van der Waals surface area contributed by atoms with Crippen molar-refractivity contribution in [2.24, 2.45) is 0 Å². The first-order valence-electron chi connectivity index (χ1n) is 5.94. The van der Waals surface area contributed by atoms with Gasteiger partial charge < -0.3 is 5.32 Å². The highest BCUT2D eigenvalue weighted by molar-refractivity contribution is 7.11. The highest BCUT2D eigenvalue weighted by Crippen LogP contribution is 2.30. The van der Waals surface area contributed by atoms with Gasteiger partial charge in [-0.15, -0.1) is 11.3 Å². The number of aryl methyl sites for hydroxylation is 2. The third kappa shape index (κ3) is 2.68. The Balaban J connectivity index is 2.24. The van der Waals surface area contributed by atoms with Crippen LogP contribution in [0, 0.1) is 20.8 Å². The van der Waals surface area contributed by atoms with Crippen LogP contribution in [0.3, 0.4) is 0 Å². The van der Waals surface area contributed by atoms with Crippen LogP contribution in [-0.2, 0) is 0 Å². The highest BCUT2D eigenvalue weighted by Gasteiger charge is 2.14. The van der Waals surface area contributed by atoms with E-state index in [1.54, 1.807) is 11.3 Å². The predicted molar refractivity (Wildman–Crippen MR) is 79.8 cm³/mol. The summed E-state index contributed by atoms with van der Waals surface area (Å²) in [4.78, 5) is 5.75. The van der Waals surface area contributed by atoms with Gasteiger partial charge in [0.15, 0.2) is 0 Å². The predicted octanol–water partition coefficient (Wildman–Crippen LogP) is 4.89. The van der Waals surface area contributed by atoms with Gasteiger partial charge in [0, 0.05) is 15.6 Å². The van der Waals surface area contributed by atoms with E-state index in [2.05, 4.69) is 30.2 Å². The molecule has 0 spiro atoms. The van der Waals surface area contributed by atoms with E-state index >= 15 is 0 Å². The summed E-state index contributed by atoms with van der Waals surface area (Å²) in [6, 6.07) is 6.18. The number of aromatic nitrogens is 1. The molecule has 1 aromatic heterocycles. The number of halogens is 1. The molecule has 0 aliphatic rings. The summed E-state index contributed by atoms with van der Waals surface area (Å²) in [5.74, 6) is 0. The molecule has 0 aliphatic heterocycles. The maximum absolute atomic E-state index is 6.13. The van der Waals surface area contributed by atoms with E-state index in [0.29, 0.717) is 0 Å². The lowest BCUT2D eigenvalue weighted by Crippen LogP contribution is -2.07. The first kappa shape index (κ1) is 13.4. The molecule has 2 rings (SSSR count). The summed E-state index contributed by atoms with van der Waals surface area (Å²) in [6.07, 6.45) is 0. The minimum Gasteiger partial charge on any atom is -0.377 e. The number of nitrogens with zero attached hydrogens (tertiary/aromatic N) is 1.